The van der Waals surface area contributed by atoms with Crippen molar-refractivity contribution in [2.24, 2.45) is 0 Å². The van der Waals surface area contributed by atoms with Crippen molar-refractivity contribution in [1.82, 2.24) is 24.8 Å². The second-order valence-corrected chi connectivity index (χ2v) is 7.75. The normalized spacial score (nSPS) is 21.2. The standard InChI is InChI=1S/C17H19ClN6OS/c1-10-7-24(8-11(2)25-10)9-12-6-14(22-16(18)20-12)23-17-21-13-4-3-5-19-15(13)26-17/h3-6,10-11H,7-9H2,1-2H3,(H,20,21,22,23)/t10-,11+. The minimum atomic E-state index is 0.212. The second-order valence-electron chi connectivity index (χ2n) is 6.44. The molecule has 1 saturated heterocycles. The fourth-order valence-electron chi connectivity index (χ4n) is 3.19. The molecule has 1 aliphatic heterocycles. The number of fused-ring (bicyclic) bond motifs is 1. The molecule has 0 spiro atoms. The number of pyridine rings is 1. The average molecular weight is 391 g/mol. The van der Waals surface area contributed by atoms with Gasteiger partial charge in [0.05, 0.1) is 17.9 Å². The lowest BCUT2D eigenvalue weighted by Gasteiger charge is -2.35. The van der Waals surface area contributed by atoms with Crippen LogP contribution in [0.3, 0.4) is 0 Å². The molecule has 26 heavy (non-hydrogen) atoms. The van der Waals surface area contributed by atoms with Crippen molar-refractivity contribution in [2.45, 2.75) is 32.6 Å². The first-order chi connectivity index (χ1) is 12.5. The van der Waals surface area contributed by atoms with Gasteiger partial charge in [-0.3, -0.25) is 4.90 Å². The van der Waals surface area contributed by atoms with E-state index in [4.69, 9.17) is 16.3 Å². The van der Waals surface area contributed by atoms with E-state index in [1.165, 1.54) is 11.3 Å². The lowest BCUT2D eigenvalue weighted by Crippen LogP contribution is -2.44. The minimum Gasteiger partial charge on any atom is -0.373 e. The second kappa shape index (κ2) is 7.40. The van der Waals surface area contributed by atoms with Crippen LogP contribution in [0.1, 0.15) is 19.5 Å². The summed E-state index contributed by atoms with van der Waals surface area (Å²) in [6.45, 7) is 6.63. The molecule has 4 rings (SSSR count). The van der Waals surface area contributed by atoms with Gasteiger partial charge in [0.25, 0.3) is 0 Å². The summed E-state index contributed by atoms with van der Waals surface area (Å²) in [5, 5.41) is 4.17. The number of aromatic nitrogens is 4. The van der Waals surface area contributed by atoms with E-state index in [2.05, 4.69) is 44.0 Å². The Labute approximate surface area is 160 Å². The van der Waals surface area contributed by atoms with Crippen molar-refractivity contribution in [3.63, 3.8) is 0 Å². The van der Waals surface area contributed by atoms with Crippen molar-refractivity contribution in [3.05, 3.63) is 35.4 Å². The van der Waals surface area contributed by atoms with E-state index in [1.807, 2.05) is 18.2 Å². The minimum absolute atomic E-state index is 0.212. The molecule has 1 aliphatic rings. The Morgan fingerprint density at radius 2 is 2.08 bits per heavy atom. The summed E-state index contributed by atoms with van der Waals surface area (Å²) in [5.74, 6) is 0.633. The number of nitrogens with zero attached hydrogens (tertiary/aromatic N) is 5. The molecule has 0 unspecified atom stereocenters. The number of rotatable bonds is 4. The fraction of sp³-hybridized carbons (Fsp3) is 0.412. The lowest BCUT2D eigenvalue weighted by atomic mass is 10.2. The predicted octanol–water partition coefficient (Wildman–Crippen LogP) is 3.49. The van der Waals surface area contributed by atoms with E-state index in [1.54, 1.807) is 6.20 Å². The van der Waals surface area contributed by atoms with E-state index >= 15 is 0 Å². The molecule has 3 aromatic heterocycles. The van der Waals surface area contributed by atoms with Crippen molar-refractivity contribution in [2.75, 3.05) is 18.4 Å². The van der Waals surface area contributed by atoms with E-state index in [-0.39, 0.29) is 17.5 Å². The number of halogens is 1. The van der Waals surface area contributed by atoms with Crippen LogP contribution in [0, 0.1) is 0 Å². The molecular formula is C17H19ClN6OS. The van der Waals surface area contributed by atoms with E-state index in [0.29, 0.717) is 12.4 Å². The maximum atomic E-state index is 6.14. The highest BCUT2D eigenvalue weighted by molar-refractivity contribution is 7.21. The van der Waals surface area contributed by atoms with Crippen molar-refractivity contribution in [3.8, 4) is 0 Å². The molecule has 4 heterocycles. The van der Waals surface area contributed by atoms with Crippen LogP contribution in [0.4, 0.5) is 10.9 Å². The molecular weight excluding hydrogens is 372 g/mol. The third-order valence-corrected chi connectivity index (χ3v) is 5.10. The van der Waals surface area contributed by atoms with Gasteiger partial charge in [-0.1, -0.05) is 11.3 Å². The third kappa shape index (κ3) is 4.09. The van der Waals surface area contributed by atoms with E-state index < -0.39 is 0 Å². The fourth-order valence-corrected chi connectivity index (χ4v) is 4.20. The molecule has 7 nitrogen and oxygen atoms in total. The number of nitrogens with one attached hydrogen (secondary N) is 1. The Kier molecular flexibility index (Phi) is 4.99. The quantitative estimate of drug-likeness (QED) is 0.683. The SMILES string of the molecule is C[C@@H]1CN(Cc2cc(Nc3nc4cccnc4s3)nc(Cl)n2)C[C@H](C)O1. The van der Waals surface area contributed by atoms with Gasteiger partial charge in [-0.05, 0) is 37.6 Å². The maximum absolute atomic E-state index is 6.14. The van der Waals surface area contributed by atoms with Crippen molar-refractivity contribution in [1.29, 1.82) is 0 Å². The lowest BCUT2D eigenvalue weighted by molar-refractivity contribution is -0.0707. The largest absolute Gasteiger partial charge is 0.373 e. The van der Waals surface area contributed by atoms with Crippen LogP contribution in [0.25, 0.3) is 10.3 Å². The smallest absolute Gasteiger partial charge is 0.224 e. The van der Waals surface area contributed by atoms with Crippen LogP contribution in [-0.2, 0) is 11.3 Å². The van der Waals surface area contributed by atoms with E-state index in [0.717, 1.165) is 34.3 Å². The molecule has 0 bridgehead atoms. The Balaban J connectivity index is 1.52. The van der Waals surface area contributed by atoms with Crippen LogP contribution in [-0.4, -0.2) is 50.1 Å². The molecule has 1 fully saturated rings. The molecule has 2 atom stereocenters. The van der Waals surface area contributed by atoms with Gasteiger partial charge in [-0.2, -0.15) is 0 Å². The van der Waals surface area contributed by atoms with Gasteiger partial charge in [0, 0.05) is 31.9 Å². The predicted molar refractivity (Wildman–Crippen MR) is 103 cm³/mol. The van der Waals surface area contributed by atoms with Crippen LogP contribution >= 0.6 is 22.9 Å². The zero-order chi connectivity index (χ0) is 18.1. The Morgan fingerprint density at radius 3 is 2.85 bits per heavy atom. The Morgan fingerprint density at radius 1 is 1.27 bits per heavy atom. The Hall–Kier alpha value is -1.87. The van der Waals surface area contributed by atoms with E-state index in [9.17, 15) is 0 Å². The molecule has 0 radical (unpaired) electrons. The summed E-state index contributed by atoms with van der Waals surface area (Å²) in [7, 11) is 0. The Bertz CT molecular complexity index is 876. The molecule has 3 aromatic rings. The zero-order valence-corrected chi connectivity index (χ0v) is 16.1. The molecule has 1 N–H and O–H groups in total. The van der Waals surface area contributed by atoms with Gasteiger partial charge in [0.1, 0.15) is 16.2 Å². The number of anilines is 2. The van der Waals surface area contributed by atoms with Gasteiger partial charge < -0.3 is 10.1 Å². The maximum Gasteiger partial charge on any atom is 0.224 e. The molecule has 0 aromatic carbocycles. The number of hydrogen-bond acceptors (Lipinski definition) is 8. The summed E-state index contributed by atoms with van der Waals surface area (Å²) in [5.41, 5.74) is 1.73. The highest BCUT2D eigenvalue weighted by Gasteiger charge is 2.22. The average Bonchev–Trinajstić information content (AvgIpc) is 2.95. The zero-order valence-electron chi connectivity index (χ0n) is 14.5. The molecule has 9 heteroatoms. The van der Waals surface area contributed by atoms with Crippen LogP contribution in [0.15, 0.2) is 24.4 Å². The number of thiazole rings is 1. The van der Waals surface area contributed by atoms with Crippen LogP contribution in [0.5, 0.6) is 0 Å². The first-order valence-electron chi connectivity index (χ1n) is 8.45. The molecule has 136 valence electrons. The molecule has 0 amide bonds. The number of ether oxygens (including phenoxy) is 1. The first kappa shape index (κ1) is 17.5. The number of morpholine rings is 1. The van der Waals surface area contributed by atoms with Gasteiger partial charge in [-0.25, -0.2) is 19.9 Å². The summed E-state index contributed by atoms with van der Waals surface area (Å²) in [4.78, 5) is 20.7. The summed E-state index contributed by atoms with van der Waals surface area (Å²) in [6.07, 6.45) is 2.18. The van der Waals surface area contributed by atoms with Crippen LogP contribution < -0.4 is 5.32 Å². The monoisotopic (exact) mass is 390 g/mol. The number of hydrogen-bond donors (Lipinski definition) is 1. The van der Waals surface area contributed by atoms with Gasteiger partial charge >= 0.3 is 0 Å². The van der Waals surface area contributed by atoms with Gasteiger partial charge in [0.2, 0.25) is 5.28 Å². The molecule has 0 aliphatic carbocycles. The third-order valence-electron chi connectivity index (χ3n) is 4.03. The van der Waals surface area contributed by atoms with Gasteiger partial charge in [-0.15, -0.1) is 0 Å². The van der Waals surface area contributed by atoms with Crippen molar-refractivity contribution >= 4 is 44.2 Å². The van der Waals surface area contributed by atoms with Gasteiger partial charge in [0.15, 0.2) is 5.13 Å². The topological polar surface area (TPSA) is 76.1 Å². The van der Waals surface area contributed by atoms with Crippen LogP contribution in [0.2, 0.25) is 5.28 Å². The first-order valence-corrected chi connectivity index (χ1v) is 9.64. The van der Waals surface area contributed by atoms with Crippen molar-refractivity contribution < 1.29 is 4.74 Å². The highest BCUT2D eigenvalue weighted by atomic mass is 35.5. The summed E-state index contributed by atoms with van der Waals surface area (Å²) >= 11 is 7.61. The molecule has 0 saturated carbocycles. The summed E-state index contributed by atoms with van der Waals surface area (Å²) < 4.78 is 5.78. The highest BCUT2D eigenvalue weighted by Crippen LogP contribution is 2.26. The summed E-state index contributed by atoms with van der Waals surface area (Å²) in [6, 6.07) is 5.72.